The monoisotopic (exact) mass is 284 g/mol. The van der Waals surface area contributed by atoms with E-state index >= 15 is 0 Å². The summed E-state index contributed by atoms with van der Waals surface area (Å²) in [4.78, 5) is 26.7. The van der Waals surface area contributed by atoms with Crippen LogP contribution in [0, 0.1) is 11.8 Å². The number of rotatable bonds is 4. The standard InChI is InChI=1S/C14H21ClN2O2/c1-9(2)11-12(18)16-14(3,10-5-6-10)13(19)17(11)8-4-7-15/h4,7,9-11H,5-6,8H2,1-3H3,(H,16,18)/b7-4+. The Bertz CT molecular complexity index is 418. The summed E-state index contributed by atoms with van der Waals surface area (Å²) in [5, 5.41) is 2.96. The Morgan fingerprint density at radius 1 is 1.47 bits per heavy atom. The summed E-state index contributed by atoms with van der Waals surface area (Å²) in [6.45, 7) is 6.14. The highest BCUT2D eigenvalue weighted by Crippen LogP contribution is 2.42. The number of carbonyl (C=O) groups is 2. The Morgan fingerprint density at radius 3 is 2.58 bits per heavy atom. The number of nitrogens with zero attached hydrogens (tertiary/aromatic N) is 1. The van der Waals surface area contributed by atoms with Gasteiger partial charge in [-0.1, -0.05) is 31.5 Å². The van der Waals surface area contributed by atoms with Crippen molar-refractivity contribution in [2.45, 2.75) is 45.2 Å². The molecule has 1 heterocycles. The maximum atomic E-state index is 12.7. The average molecular weight is 285 g/mol. The van der Waals surface area contributed by atoms with Crippen LogP contribution in [0.2, 0.25) is 0 Å². The van der Waals surface area contributed by atoms with Crippen molar-refractivity contribution in [2.75, 3.05) is 6.54 Å². The quantitative estimate of drug-likeness (QED) is 0.857. The van der Waals surface area contributed by atoms with Crippen LogP contribution in [0.3, 0.4) is 0 Å². The molecule has 5 heteroatoms. The molecule has 19 heavy (non-hydrogen) atoms. The van der Waals surface area contributed by atoms with Crippen molar-refractivity contribution in [1.29, 1.82) is 0 Å². The van der Waals surface area contributed by atoms with E-state index in [-0.39, 0.29) is 23.7 Å². The van der Waals surface area contributed by atoms with E-state index in [0.29, 0.717) is 6.54 Å². The van der Waals surface area contributed by atoms with Crippen LogP contribution in [0.25, 0.3) is 0 Å². The predicted octanol–water partition coefficient (Wildman–Crippen LogP) is 1.89. The first kappa shape index (κ1) is 14.4. The van der Waals surface area contributed by atoms with E-state index in [0.717, 1.165) is 12.8 Å². The van der Waals surface area contributed by atoms with Gasteiger partial charge in [-0.2, -0.15) is 0 Å². The Labute approximate surface area is 119 Å². The van der Waals surface area contributed by atoms with E-state index in [1.54, 1.807) is 11.0 Å². The lowest BCUT2D eigenvalue weighted by atomic mass is 9.86. The normalized spacial score (nSPS) is 32.3. The highest BCUT2D eigenvalue weighted by atomic mass is 35.5. The molecule has 0 spiro atoms. The largest absolute Gasteiger partial charge is 0.340 e. The lowest BCUT2D eigenvalue weighted by Crippen LogP contribution is -2.71. The molecule has 0 bridgehead atoms. The first-order chi connectivity index (χ1) is 8.91. The molecule has 0 radical (unpaired) electrons. The zero-order chi connectivity index (χ0) is 14.2. The van der Waals surface area contributed by atoms with Crippen molar-refractivity contribution < 1.29 is 9.59 Å². The summed E-state index contributed by atoms with van der Waals surface area (Å²) in [7, 11) is 0. The van der Waals surface area contributed by atoms with Crippen molar-refractivity contribution in [2.24, 2.45) is 11.8 Å². The third-order valence-electron chi connectivity index (χ3n) is 4.11. The fourth-order valence-electron chi connectivity index (χ4n) is 2.90. The molecule has 1 N–H and O–H groups in total. The second kappa shape index (κ2) is 5.16. The van der Waals surface area contributed by atoms with Gasteiger partial charge >= 0.3 is 0 Å². The Morgan fingerprint density at radius 2 is 2.11 bits per heavy atom. The summed E-state index contributed by atoms with van der Waals surface area (Å²) < 4.78 is 0. The third kappa shape index (κ3) is 2.50. The van der Waals surface area contributed by atoms with Crippen LogP contribution in [0.1, 0.15) is 33.6 Å². The summed E-state index contributed by atoms with van der Waals surface area (Å²) in [5.41, 5.74) is 0.661. The molecule has 2 amide bonds. The van der Waals surface area contributed by atoms with Crippen LogP contribution in [0.5, 0.6) is 0 Å². The second-order valence-corrected chi connectivity index (χ2v) is 6.23. The zero-order valence-corrected chi connectivity index (χ0v) is 12.4. The molecule has 1 aliphatic carbocycles. The number of halogens is 1. The number of nitrogens with one attached hydrogen (secondary N) is 1. The van der Waals surface area contributed by atoms with E-state index in [1.807, 2.05) is 20.8 Å². The molecule has 0 aromatic carbocycles. The number of amides is 2. The summed E-state index contributed by atoms with van der Waals surface area (Å²) in [6, 6.07) is -0.410. The molecular weight excluding hydrogens is 264 g/mol. The maximum Gasteiger partial charge on any atom is 0.249 e. The van der Waals surface area contributed by atoms with Gasteiger partial charge in [-0.3, -0.25) is 9.59 Å². The molecule has 2 fully saturated rings. The highest BCUT2D eigenvalue weighted by Gasteiger charge is 2.55. The van der Waals surface area contributed by atoms with E-state index < -0.39 is 11.6 Å². The van der Waals surface area contributed by atoms with Gasteiger partial charge in [-0.15, -0.1) is 0 Å². The first-order valence-electron chi connectivity index (χ1n) is 6.80. The topological polar surface area (TPSA) is 49.4 Å². The number of hydrogen-bond acceptors (Lipinski definition) is 2. The molecule has 4 nitrogen and oxygen atoms in total. The molecule has 1 saturated carbocycles. The number of piperazine rings is 1. The van der Waals surface area contributed by atoms with Gasteiger partial charge in [0.1, 0.15) is 11.6 Å². The van der Waals surface area contributed by atoms with Crippen LogP contribution in [-0.4, -0.2) is 34.8 Å². The summed E-state index contributed by atoms with van der Waals surface area (Å²) in [6.07, 6.45) is 3.73. The number of carbonyl (C=O) groups excluding carboxylic acids is 2. The molecule has 1 saturated heterocycles. The molecule has 2 aliphatic rings. The molecule has 2 rings (SSSR count). The first-order valence-corrected chi connectivity index (χ1v) is 7.23. The molecule has 0 aromatic heterocycles. The maximum absolute atomic E-state index is 12.7. The van der Waals surface area contributed by atoms with Crippen LogP contribution in [0.15, 0.2) is 11.6 Å². The van der Waals surface area contributed by atoms with Gasteiger partial charge in [0.2, 0.25) is 11.8 Å². The fraction of sp³-hybridized carbons (Fsp3) is 0.714. The Kier molecular flexibility index (Phi) is 3.90. The molecule has 2 unspecified atom stereocenters. The Hall–Kier alpha value is -1.03. The average Bonchev–Trinajstić information content (AvgIpc) is 3.15. The van der Waals surface area contributed by atoms with E-state index in [4.69, 9.17) is 11.6 Å². The minimum atomic E-state index is -0.734. The molecule has 0 aromatic rings. The predicted molar refractivity (Wildman–Crippen MR) is 74.6 cm³/mol. The lowest BCUT2D eigenvalue weighted by Gasteiger charge is -2.45. The van der Waals surface area contributed by atoms with Gasteiger partial charge in [0.25, 0.3) is 0 Å². The van der Waals surface area contributed by atoms with Crippen molar-refractivity contribution in [3.8, 4) is 0 Å². The van der Waals surface area contributed by atoms with E-state index in [1.165, 1.54) is 5.54 Å². The van der Waals surface area contributed by atoms with E-state index in [2.05, 4.69) is 5.32 Å². The third-order valence-corrected chi connectivity index (χ3v) is 4.29. The second-order valence-electron chi connectivity index (χ2n) is 5.97. The molecule has 106 valence electrons. The zero-order valence-electron chi connectivity index (χ0n) is 11.6. The van der Waals surface area contributed by atoms with Crippen molar-refractivity contribution >= 4 is 23.4 Å². The summed E-state index contributed by atoms with van der Waals surface area (Å²) >= 11 is 5.56. The van der Waals surface area contributed by atoms with Crippen molar-refractivity contribution in [3.05, 3.63) is 11.6 Å². The van der Waals surface area contributed by atoms with E-state index in [9.17, 15) is 9.59 Å². The van der Waals surface area contributed by atoms with Gasteiger partial charge in [-0.05, 0) is 31.6 Å². The Balaban J connectivity index is 2.30. The molecular formula is C14H21ClN2O2. The van der Waals surface area contributed by atoms with Gasteiger partial charge in [0.05, 0.1) is 0 Å². The minimum Gasteiger partial charge on any atom is -0.340 e. The van der Waals surface area contributed by atoms with Gasteiger partial charge in [0.15, 0.2) is 0 Å². The van der Waals surface area contributed by atoms with Crippen LogP contribution >= 0.6 is 11.6 Å². The van der Waals surface area contributed by atoms with Crippen molar-refractivity contribution in [3.63, 3.8) is 0 Å². The van der Waals surface area contributed by atoms with Gasteiger partial charge < -0.3 is 10.2 Å². The molecule has 1 aliphatic heterocycles. The minimum absolute atomic E-state index is 0.0167. The van der Waals surface area contributed by atoms with Crippen LogP contribution < -0.4 is 5.32 Å². The van der Waals surface area contributed by atoms with Gasteiger partial charge in [0, 0.05) is 12.1 Å². The molecule has 2 atom stereocenters. The van der Waals surface area contributed by atoms with Gasteiger partial charge in [-0.25, -0.2) is 0 Å². The van der Waals surface area contributed by atoms with Crippen LogP contribution in [0.4, 0.5) is 0 Å². The van der Waals surface area contributed by atoms with Crippen LogP contribution in [-0.2, 0) is 9.59 Å². The highest BCUT2D eigenvalue weighted by molar-refractivity contribution is 6.25. The summed E-state index contributed by atoms with van der Waals surface area (Å²) in [5.74, 6) is 0.325. The fourth-order valence-corrected chi connectivity index (χ4v) is 2.98. The SMILES string of the molecule is CC(C)C1C(=O)NC(C)(C2CC2)C(=O)N1C/C=C/Cl. The lowest BCUT2D eigenvalue weighted by molar-refractivity contribution is -0.156. The van der Waals surface area contributed by atoms with Crippen molar-refractivity contribution in [1.82, 2.24) is 10.2 Å². The smallest absolute Gasteiger partial charge is 0.249 e. The number of hydrogen-bond donors (Lipinski definition) is 1.